The van der Waals surface area contributed by atoms with Crippen LogP contribution in [0.3, 0.4) is 0 Å². The van der Waals surface area contributed by atoms with Crippen LogP contribution in [0.1, 0.15) is 12.5 Å². The average molecular weight is 348 g/mol. The van der Waals surface area contributed by atoms with E-state index in [9.17, 15) is 0 Å². The lowest BCUT2D eigenvalue weighted by molar-refractivity contribution is 0.398. The molecule has 0 spiro atoms. The Balaban J connectivity index is 1.57. The number of methoxy groups -OCH3 is 1. The SMILES string of the molecule is COc1ncccc1-c1nccn1CC(C)Cc1ccnc2nc[nH]c12. The molecule has 4 aromatic heterocycles. The van der Waals surface area contributed by atoms with E-state index >= 15 is 0 Å². The number of aromatic amines is 1. The molecule has 1 atom stereocenters. The molecule has 0 radical (unpaired) electrons. The van der Waals surface area contributed by atoms with Gasteiger partial charge in [0, 0.05) is 31.3 Å². The first-order valence-corrected chi connectivity index (χ1v) is 8.53. The van der Waals surface area contributed by atoms with Gasteiger partial charge in [0.2, 0.25) is 5.88 Å². The summed E-state index contributed by atoms with van der Waals surface area (Å²) in [6, 6.07) is 5.93. The monoisotopic (exact) mass is 348 g/mol. The first-order chi connectivity index (χ1) is 12.8. The molecule has 0 fully saturated rings. The lowest BCUT2D eigenvalue weighted by Crippen LogP contribution is -2.11. The maximum absolute atomic E-state index is 5.38. The van der Waals surface area contributed by atoms with Crippen molar-refractivity contribution in [2.24, 2.45) is 5.92 Å². The van der Waals surface area contributed by atoms with E-state index in [0.717, 1.165) is 35.5 Å². The maximum Gasteiger partial charge on any atom is 0.224 e. The number of pyridine rings is 2. The van der Waals surface area contributed by atoms with E-state index in [0.29, 0.717) is 11.8 Å². The van der Waals surface area contributed by atoms with Crippen LogP contribution >= 0.6 is 0 Å². The molecule has 1 N–H and O–H groups in total. The summed E-state index contributed by atoms with van der Waals surface area (Å²) >= 11 is 0. The Morgan fingerprint density at radius 2 is 2.04 bits per heavy atom. The molecule has 4 aromatic rings. The Morgan fingerprint density at radius 1 is 1.12 bits per heavy atom. The molecule has 1 unspecified atom stereocenters. The second kappa shape index (κ2) is 6.95. The topological polar surface area (TPSA) is 81.5 Å². The molecule has 132 valence electrons. The summed E-state index contributed by atoms with van der Waals surface area (Å²) in [5, 5.41) is 0. The van der Waals surface area contributed by atoms with Gasteiger partial charge in [-0.05, 0) is 36.1 Å². The van der Waals surface area contributed by atoms with Gasteiger partial charge in [-0.3, -0.25) is 0 Å². The Morgan fingerprint density at radius 3 is 2.92 bits per heavy atom. The number of H-pyrrole nitrogens is 1. The van der Waals surface area contributed by atoms with Crippen molar-refractivity contribution in [1.82, 2.24) is 29.5 Å². The number of ether oxygens (including phenoxy) is 1. The molecule has 0 amide bonds. The summed E-state index contributed by atoms with van der Waals surface area (Å²) in [4.78, 5) is 20.5. The molecule has 4 rings (SSSR count). The van der Waals surface area contributed by atoms with E-state index in [4.69, 9.17) is 4.74 Å². The zero-order valence-corrected chi connectivity index (χ0v) is 14.8. The lowest BCUT2D eigenvalue weighted by Gasteiger charge is -2.15. The van der Waals surface area contributed by atoms with E-state index in [1.54, 1.807) is 19.6 Å². The van der Waals surface area contributed by atoms with Crippen LogP contribution in [0.5, 0.6) is 5.88 Å². The fourth-order valence-corrected chi connectivity index (χ4v) is 3.27. The molecular formula is C19H20N6O. The highest BCUT2D eigenvalue weighted by atomic mass is 16.5. The van der Waals surface area contributed by atoms with Gasteiger partial charge in [0.25, 0.3) is 0 Å². The van der Waals surface area contributed by atoms with Gasteiger partial charge >= 0.3 is 0 Å². The van der Waals surface area contributed by atoms with Crippen molar-refractivity contribution in [3.63, 3.8) is 0 Å². The Hall–Kier alpha value is -3.22. The maximum atomic E-state index is 5.38. The third-order valence-corrected chi connectivity index (χ3v) is 4.41. The summed E-state index contributed by atoms with van der Waals surface area (Å²) in [7, 11) is 1.63. The molecule has 0 aromatic carbocycles. The van der Waals surface area contributed by atoms with Crippen LogP contribution in [-0.2, 0) is 13.0 Å². The van der Waals surface area contributed by atoms with Crippen molar-refractivity contribution in [3.8, 4) is 17.3 Å². The van der Waals surface area contributed by atoms with Crippen LogP contribution in [0.25, 0.3) is 22.6 Å². The highest BCUT2D eigenvalue weighted by Gasteiger charge is 2.15. The second-order valence-corrected chi connectivity index (χ2v) is 6.34. The zero-order valence-electron chi connectivity index (χ0n) is 14.8. The summed E-state index contributed by atoms with van der Waals surface area (Å²) in [6.07, 6.45) is 9.95. The van der Waals surface area contributed by atoms with Gasteiger partial charge in [0.15, 0.2) is 5.65 Å². The summed E-state index contributed by atoms with van der Waals surface area (Å²) in [5.41, 5.74) is 3.89. The van der Waals surface area contributed by atoms with Crippen molar-refractivity contribution < 1.29 is 4.74 Å². The highest BCUT2D eigenvalue weighted by molar-refractivity contribution is 5.73. The number of imidazole rings is 2. The summed E-state index contributed by atoms with van der Waals surface area (Å²) in [5.74, 6) is 1.85. The first kappa shape index (κ1) is 16.3. The van der Waals surface area contributed by atoms with Crippen molar-refractivity contribution >= 4 is 11.2 Å². The molecule has 0 saturated carbocycles. The van der Waals surface area contributed by atoms with Crippen LogP contribution in [0.2, 0.25) is 0 Å². The molecule has 7 nitrogen and oxygen atoms in total. The van der Waals surface area contributed by atoms with Gasteiger partial charge in [-0.2, -0.15) is 0 Å². The highest BCUT2D eigenvalue weighted by Crippen LogP contribution is 2.27. The van der Waals surface area contributed by atoms with Gasteiger partial charge in [0.1, 0.15) is 5.82 Å². The largest absolute Gasteiger partial charge is 0.480 e. The molecular weight excluding hydrogens is 328 g/mol. The zero-order chi connectivity index (χ0) is 17.9. The summed E-state index contributed by atoms with van der Waals surface area (Å²) in [6.45, 7) is 3.07. The van der Waals surface area contributed by atoms with E-state index in [1.165, 1.54) is 5.56 Å². The number of nitrogens with one attached hydrogen (secondary N) is 1. The predicted molar refractivity (Wildman–Crippen MR) is 98.8 cm³/mol. The van der Waals surface area contributed by atoms with Crippen molar-refractivity contribution in [1.29, 1.82) is 0 Å². The Bertz CT molecular complexity index is 1020. The molecule has 4 heterocycles. The number of hydrogen-bond acceptors (Lipinski definition) is 5. The van der Waals surface area contributed by atoms with Crippen LogP contribution in [0.15, 0.2) is 49.3 Å². The predicted octanol–water partition coefficient (Wildman–Crippen LogP) is 3.10. The van der Waals surface area contributed by atoms with Gasteiger partial charge in [-0.25, -0.2) is 19.9 Å². The minimum atomic E-state index is 0.402. The van der Waals surface area contributed by atoms with E-state index in [-0.39, 0.29) is 0 Å². The van der Waals surface area contributed by atoms with Crippen molar-refractivity contribution in [3.05, 3.63) is 54.9 Å². The number of rotatable bonds is 6. The van der Waals surface area contributed by atoms with Crippen LogP contribution in [0, 0.1) is 5.92 Å². The Labute approximate surface area is 151 Å². The number of nitrogens with zero attached hydrogens (tertiary/aromatic N) is 5. The van der Waals surface area contributed by atoms with Crippen LogP contribution in [-0.4, -0.2) is 36.6 Å². The quantitative estimate of drug-likeness (QED) is 0.579. The number of aromatic nitrogens is 6. The Kier molecular flexibility index (Phi) is 4.35. The third-order valence-electron chi connectivity index (χ3n) is 4.41. The molecule has 0 aliphatic heterocycles. The molecule has 0 saturated heterocycles. The minimum Gasteiger partial charge on any atom is -0.480 e. The normalized spacial score (nSPS) is 12.4. The second-order valence-electron chi connectivity index (χ2n) is 6.34. The smallest absolute Gasteiger partial charge is 0.224 e. The van der Waals surface area contributed by atoms with Gasteiger partial charge in [-0.15, -0.1) is 0 Å². The number of hydrogen-bond donors (Lipinski definition) is 1. The van der Waals surface area contributed by atoms with Gasteiger partial charge in [-0.1, -0.05) is 6.92 Å². The minimum absolute atomic E-state index is 0.402. The first-order valence-electron chi connectivity index (χ1n) is 8.53. The lowest BCUT2D eigenvalue weighted by atomic mass is 10.0. The van der Waals surface area contributed by atoms with Gasteiger partial charge < -0.3 is 14.3 Å². The van der Waals surface area contributed by atoms with E-state index in [1.807, 2.05) is 30.7 Å². The fraction of sp³-hybridized carbons (Fsp3) is 0.263. The van der Waals surface area contributed by atoms with Crippen LogP contribution < -0.4 is 4.74 Å². The average Bonchev–Trinajstić information content (AvgIpc) is 3.31. The van der Waals surface area contributed by atoms with E-state index < -0.39 is 0 Å². The molecule has 0 aliphatic rings. The van der Waals surface area contributed by atoms with Crippen molar-refractivity contribution in [2.75, 3.05) is 7.11 Å². The standard InChI is InChI=1S/C19H20N6O/c1-13(10-14-5-7-20-17-16(14)23-12-24-17)11-25-9-8-21-18(25)15-4-3-6-22-19(15)26-2/h3-9,12-13H,10-11H2,1-2H3,(H,20,23,24). The van der Waals surface area contributed by atoms with E-state index in [2.05, 4.69) is 42.5 Å². The fourth-order valence-electron chi connectivity index (χ4n) is 3.27. The van der Waals surface area contributed by atoms with Crippen molar-refractivity contribution in [2.45, 2.75) is 19.9 Å². The molecule has 0 aliphatic carbocycles. The summed E-state index contributed by atoms with van der Waals surface area (Å²) < 4.78 is 7.53. The number of fused-ring (bicyclic) bond motifs is 1. The molecule has 0 bridgehead atoms. The van der Waals surface area contributed by atoms with Crippen LogP contribution in [0.4, 0.5) is 0 Å². The molecule has 26 heavy (non-hydrogen) atoms. The molecule has 7 heteroatoms. The van der Waals surface area contributed by atoms with Gasteiger partial charge in [0.05, 0.1) is 24.5 Å². The third kappa shape index (κ3) is 3.03.